The summed E-state index contributed by atoms with van der Waals surface area (Å²) in [5, 5.41) is 1.53. The summed E-state index contributed by atoms with van der Waals surface area (Å²) in [5.74, 6) is 0.421. The van der Waals surface area contributed by atoms with Crippen LogP contribution in [0, 0.1) is 0 Å². The van der Waals surface area contributed by atoms with Crippen LogP contribution in [0.15, 0.2) is 48.5 Å². The second kappa shape index (κ2) is 6.27. The van der Waals surface area contributed by atoms with Gasteiger partial charge in [0.15, 0.2) is 0 Å². The molecule has 2 aromatic rings. The minimum Gasteiger partial charge on any atom is -0.369 e. The Hall–Kier alpha value is -1.22. The second-order valence-electron chi connectivity index (χ2n) is 5.63. The Balaban J connectivity index is 1.83. The summed E-state index contributed by atoms with van der Waals surface area (Å²) in [5.41, 5.74) is 8.69. The summed E-state index contributed by atoms with van der Waals surface area (Å²) >= 11 is 12.1. The molecule has 0 aliphatic carbocycles. The van der Waals surface area contributed by atoms with Crippen molar-refractivity contribution in [1.29, 1.82) is 0 Å². The van der Waals surface area contributed by atoms with Gasteiger partial charge in [0.1, 0.15) is 0 Å². The first-order valence-corrected chi connectivity index (χ1v) is 7.89. The molecule has 1 aliphatic rings. The average molecular weight is 321 g/mol. The van der Waals surface area contributed by atoms with E-state index in [1.165, 1.54) is 5.56 Å². The van der Waals surface area contributed by atoms with E-state index in [1.807, 2.05) is 30.3 Å². The highest BCUT2D eigenvalue weighted by molar-refractivity contribution is 6.31. The third kappa shape index (κ3) is 3.52. The molecule has 0 amide bonds. The van der Waals surface area contributed by atoms with Gasteiger partial charge in [-0.2, -0.15) is 0 Å². The lowest BCUT2D eigenvalue weighted by atomic mass is 9.88. The summed E-state index contributed by atoms with van der Waals surface area (Å²) < 4.78 is 0. The van der Waals surface area contributed by atoms with Crippen LogP contribution >= 0.6 is 23.2 Å². The van der Waals surface area contributed by atoms with Crippen LogP contribution in [-0.4, -0.2) is 19.1 Å². The Labute approximate surface area is 135 Å². The normalized spacial score (nSPS) is 22.3. The summed E-state index contributed by atoms with van der Waals surface area (Å²) in [7, 11) is 0. The van der Waals surface area contributed by atoms with Gasteiger partial charge in [0, 0.05) is 40.8 Å². The standard InChI is InChI=1S/C17H18Cl2N2/c18-14-6-4-12(5-7-14)13-8-16(20)11-21(10-13)17-3-1-2-15(19)9-17/h1-7,9,13,16H,8,10-11,20H2. The summed E-state index contributed by atoms with van der Waals surface area (Å²) in [4.78, 5) is 2.32. The Morgan fingerprint density at radius 2 is 1.71 bits per heavy atom. The number of rotatable bonds is 2. The highest BCUT2D eigenvalue weighted by Crippen LogP contribution is 2.31. The third-order valence-corrected chi connectivity index (χ3v) is 4.48. The van der Waals surface area contributed by atoms with Gasteiger partial charge in [0.05, 0.1) is 0 Å². The van der Waals surface area contributed by atoms with Gasteiger partial charge in [-0.05, 0) is 42.3 Å². The zero-order chi connectivity index (χ0) is 14.8. The number of nitrogens with zero attached hydrogens (tertiary/aromatic N) is 1. The number of hydrogen-bond donors (Lipinski definition) is 1. The van der Waals surface area contributed by atoms with E-state index in [9.17, 15) is 0 Å². The van der Waals surface area contributed by atoms with Crippen LogP contribution in [0.2, 0.25) is 10.0 Å². The van der Waals surface area contributed by atoms with Crippen LogP contribution < -0.4 is 10.6 Å². The maximum absolute atomic E-state index is 6.26. The highest BCUT2D eigenvalue weighted by atomic mass is 35.5. The lowest BCUT2D eigenvalue weighted by molar-refractivity contribution is 0.454. The van der Waals surface area contributed by atoms with Gasteiger partial charge in [0.25, 0.3) is 0 Å². The largest absolute Gasteiger partial charge is 0.369 e. The summed E-state index contributed by atoms with van der Waals surface area (Å²) in [6.07, 6.45) is 0.999. The molecule has 2 unspecified atom stereocenters. The monoisotopic (exact) mass is 320 g/mol. The molecule has 1 fully saturated rings. The van der Waals surface area contributed by atoms with Gasteiger partial charge in [-0.1, -0.05) is 41.4 Å². The molecule has 21 heavy (non-hydrogen) atoms. The summed E-state index contributed by atoms with van der Waals surface area (Å²) in [6, 6.07) is 16.2. The molecule has 2 atom stereocenters. The van der Waals surface area contributed by atoms with Crippen LogP contribution in [0.25, 0.3) is 0 Å². The van der Waals surface area contributed by atoms with Gasteiger partial charge in [-0.25, -0.2) is 0 Å². The first-order valence-electron chi connectivity index (χ1n) is 7.13. The fourth-order valence-electron chi connectivity index (χ4n) is 3.00. The van der Waals surface area contributed by atoms with E-state index < -0.39 is 0 Å². The quantitative estimate of drug-likeness (QED) is 0.893. The van der Waals surface area contributed by atoms with Crippen LogP contribution in [0.4, 0.5) is 5.69 Å². The number of hydrogen-bond acceptors (Lipinski definition) is 2. The van der Waals surface area contributed by atoms with Gasteiger partial charge in [0.2, 0.25) is 0 Å². The molecule has 0 bridgehead atoms. The van der Waals surface area contributed by atoms with Gasteiger partial charge < -0.3 is 10.6 Å². The maximum atomic E-state index is 6.26. The summed E-state index contributed by atoms with van der Waals surface area (Å²) in [6.45, 7) is 1.82. The van der Waals surface area contributed by atoms with Crippen molar-refractivity contribution in [2.45, 2.75) is 18.4 Å². The second-order valence-corrected chi connectivity index (χ2v) is 6.50. The number of benzene rings is 2. The molecule has 3 rings (SSSR count). The molecular weight excluding hydrogens is 303 g/mol. The Bertz CT molecular complexity index is 612. The van der Waals surface area contributed by atoms with Gasteiger partial charge >= 0.3 is 0 Å². The Morgan fingerprint density at radius 1 is 0.952 bits per heavy atom. The van der Waals surface area contributed by atoms with Crippen molar-refractivity contribution >= 4 is 28.9 Å². The molecule has 4 heteroatoms. The topological polar surface area (TPSA) is 29.3 Å². The predicted molar refractivity (Wildman–Crippen MR) is 90.5 cm³/mol. The van der Waals surface area contributed by atoms with Gasteiger partial charge in [-0.15, -0.1) is 0 Å². The van der Waals surface area contributed by atoms with Crippen LogP contribution in [0.5, 0.6) is 0 Å². The molecule has 1 heterocycles. The fraction of sp³-hybridized carbons (Fsp3) is 0.294. The Morgan fingerprint density at radius 3 is 2.43 bits per heavy atom. The molecule has 110 valence electrons. The van der Waals surface area contributed by atoms with E-state index in [4.69, 9.17) is 28.9 Å². The predicted octanol–water partition coefficient (Wildman–Crippen LogP) is 4.31. The van der Waals surface area contributed by atoms with E-state index in [0.29, 0.717) is 5.92 Å². The van der Waals surface area contributed by atoms with Crippen molar-refractivity contribution in [1.82, 2.24) is 0 Å². The minimum atomic E-state index is 0.165. The van der Waals surface area contributed by atoms with Crippen LogP contribution in [-0.2, 0) is 0 Å². The van der Waals surface area contributed by atoms with E-state index in [1.54, 1.807) is 0 Å². The van der Waals surface area contributed by atoms with E-state index >= 15 is 0 Å². The molecule has 1 aliphatic heterocycles. The molecule has 1 saturated heterocycles. The molecule has 2 nitrogen and oxygen atoms in total. The zero-order valence-electron chi connectivity index (χ0n) is 11.7. The van der Waals surface area contributed by atoms with E-state index in [-0.39, 0.29) is 6.04 Å². The minimum absolute atomic E-state index is 0.165. The number of piperidine rings is 1. The Kier molecular flexibility index (Phi) is 4.39. The average Bonchev–Trinajstić information content (AvgIpc) is 2.47. The van der Waals surface area contributed by atoms with Crippen LogP contribution in [0.3, 0.4) is 0 Å². The number of halogens is 2. The van der Waals surface area contributed by atoms with Crippen molar-refractivity contribution in [2.24, 2.45) is 5.73 Å². The smallest absolute Gasteiger partial charge is 0.0426 e. The first kappa shape index (κ1) is 14.7. The van der Waals surface area contributed by atoms with Crippen molar-refractivity contribution in [2.75, 3.05) is 18.0 Å². The van der Waals surface area contributed by atoms with E-state index in [2.05, 4.69) is 23.1 Å². The molecular formula is C17H18Cl2N2. The molecule has 0 saturated carbocycles. The highest BCUT2D eigenvalue weighted by Gasteiger charge is 2.26. The first-order chi connectivity index (χ1) is 10.1. The van der Waals surface area contributed by atoms with Crippen molar-refractivity contribution in [3.05, 3.63) is 64.1 Å². The van der Waals surface area contributed by atoms with Crippen molar-refractivity contribution < 1.29 is 0 Å². The number of nitrogens with two attached hydrogens (primary N) is 1. The van der Waals surface area contributed by atoms with Crippen LogP contribution in [0.1, 0.15) is 17.9 Å². The molecule has 2 aromatic carbocycles. The zero-order valence-corrected chi connectivity index (χ0v) is 13.2. The number of anilines is 1. The lowest BCUT2D eigenvalue weighted by Crippen LogP contribution is -2.46. The maximum Gasteiger partial charge on any atom is 0.0426 e. The molecule has 0 radical (unpaired) electrons. The molecule has 0 aromatic heterocycles. The lowest BCUT2D eigenvalue weighted by Gasteiger charge is -2.38. The fourth-order valence-corrected chi connectivity index (χ4v) is 3.31. The molecule has 0 spiro atoms. The molecule has 2 N–H and O–H groups in total. The van der Waals surface area contributed by atoms with E-state index in [0.717, 1.165) is 35.2 Å². The van der Waals surface area contributed by atoms with Crippen molar-refractivity contribution in [3.8, 4) is 0 Å². The SMILES string of the molecule is NC1CC(c2ccc(Cl)cc2)CN(c2cccc(Cl)c2)C1. The third-order valence-electron chi connectivity index (χ3n) is 4.00. The van der Waals surface area contributed by atoms with Crippen molar-refractivity contribution in [3.63, 3.8) is 0 Å². The van der Waals surface area contributed by atoms with Gasteiger partial charge in [-0.3, -0.25) is 0 Å².